The Hall–Kier alpha value is -3.91. The highest BCUT2D eigenvalue weighted by Gasteiger charge is 2.45. The number of benzene rings is 2. The normalized spacial score (nSPS) is 20.6. The van der Waals surface area contributed by atoms with Gasteiger partial charge in [0.2, 0.25) is 5.91 Å². The van der Waals surface area contributed by atoms with E-state index in [4.69, 9.17) is 26.3 Å². The summed E-state index contributed by atoms with van der Waals surface area (Å²) in [5, 5.41) is 12.7. The van der Waals surface area contributed by atoms with Gasteiger partial charge in [-0.15, -0.1) is 0 Å². The number of fused-ring (bicyclic) bond motifs is 2. The molecule has 1 aromatic heterocycles. The molecule has 3 aromatic rings. The van der Waals surface area contributed by atoms with Gasteiger partial charge in [0, 0.05) is 67.4 Å². The van der Waals surface area contributed by atoms with Crippen LogP contribution in [0.4, 0.5) is 11.5 Å². The second-order valence-corrected chi connectivity index (χ2v) is 14.9. The highest BCUT2D eigenvalue weighted by molar-refractivity contribution is 6.36. The summed E-state index contributed by atoms with van der Waals surface area (Å²) < 4.78 is 6.52. The van der Waals surface area contributed by atoms with Crippen molar-refractivity contribution >= 4 is 39.8 Å². The first kappa shape index (κ1) is 33.6. The predicted octanol–water partition coefficient (Wildman–Crippen LogP) is 5.15. The van der Waals surface area contributed by atoms with Crippen LogP contribution in [0.2, 0.25) is 5.02 Å². The Labute approximate surface area is 294 Å². The van der Waals surface area contributed by atoms with Crippen molar-refractivity contribution in [3.05, 3.63) is 64.8 Å². The molecule has 3 aliphatic heterocycles. The van der Waals surface area contributed by atoms with E-state index in [1.54, 1.807) is 6.08 Å². The molecule has 1 aliphatic carbocycles. The number of hydrogen-bond donors (Lipinski definition) is 0. The van der Waals surface area contributed by atoms with Gasteiger partial charge >= 0.3 is 6.01 Å². The van der Waals surface area contributed by atoms with Crippen LogP contribution < -0.4 is 14.5 Å². The van der Waals surface area contributed by atoms with Gasteiger partial charge in [0.1, 0.15) is 5.82 Å². The number of likely N-dealkylation sites (tertiary alicyclic amines) is 1. The summed E-state index contributed by atoms with van der Waals surface area (Å²) in [6.45, 7) is 7.82. The Morgan fingerprint density at radius 2 is 1.88 bits per heavy atom. The van der Waals surface area contributed by atoms with Gasteiger partial charge in [-0.3, -0.25) is 4.79 Å². The summed E-state index contributed by atoms with van der Waals surface area (Å²) in [6.07, 6.45) is 9.46. The monoisotopic (exact) mass is 682 g/mol. The maximum Gasteiger partial charge on any atom is 0.318 e. The molecule has 1 saturated carbocycles. The van der Waals surface area contributed by atoms with Crippen molar-refractivity contribution < 1.29 is 9.53 Å². The highest BCUT2D eigenvalue weighted by Crippen LogP contribution is 2.47. The number of carbonyl (C=O) groups is 1. The van der Waals surface area contributed by atoms with Crippen LogP contribution in [0.5, 0.6) is 6.01 Å². The molecule has 1 atom stereocenters. The molecular weight excluding hydrogens is 636 g/mol. The summed E-state index contributed by atoms with van der Waals surface area (Å²) >= 11 is 6.76. The van der Waals surface area contributed by atoms with Crippen LogP contribution >= 0.6 is 11.6 Å². The summed E-state index contributed by atoms with van der Waals surface area (Å²) in [7, 11) is 3.95. The number of amides is 1. The maximum atomic E-state index is 13.2. The molecule has 4 aliphatic rings. The third-order valence-corrected chi connectivity index (χ3v) is 10.9. The van der Waals surface area contributed by atoms with Crippen molar-refractivity contribution in [1.29, 1.82) is 5.26 Å². The smallest absolute Gasteiger partial charge is 0.318 e. The van der Waals surface area contributed by atoms with Crippen LogP contribution in [0.25, 0.3) is 10.8 Å². The predicted molar refractivity (Wildman–Crippen MR) is 194 cm³/mol. The fourth-order valence-corrected chi connectivity index (χ4v) is 7.97. The Morgan fingerprint density at radius 3 is 2.63 bits per heavy atom. The zero-order valence-corrected chi connectivity index (χ0v) is 29.5. The summed E-state index contributed by atoms with van der Waals surface area (Å²) in [6, 6.07) is 14.9. The minimum Gasteiger partial charge on any atom is -0.463 e. The molecule has 49 heavy (non-hydrogen) atoms. The number of nitrogens with zero attached hydrogens (tertiary/aromatic N) is 8. The number of anilines is 2. The number of ether oxygens (including phenoxy) is 1. The first-order valence-electron chi connectivity index (χ1n) is 17.7. The number of aromatic nitrogens is 2. The molecule has 1 amide bonds. The standard InChI is InChI=1S/C38H47ClN8O2/c1-43(2)18-7-12-34(48)47-23-22-46(24-29(47)13-17-40)36-30-14-21-45(33-11-6-9-28-8-5-10-31(39)35(28)33)25-32(30)41-37(42-36)49-27-38(15-16-38)26-44-19-3-4-20-44/h5-12,29H,3-4,13-16,18-27H2,1-2H3. The minimum absolute atomic E-state index is 0.0485. The number of piperazine rings is 1. The fourth-order valence-electron chi connectivity index (χ4n) is 7.70. The van der Waals surface area contributed by atoms with Crippen LogP contribution in [0.3, 0.4) is 0 Å². The quantitative estimate of drug-likeness (QED) is 0.255. The molecule has 2 aromatic carbocycles. The summed E-state index contributed by atoms with van der Waals surface area (Å²) in [5.74, 6) is 0.825. The van der Waals surface area contributed by atoms with E-state index in [1.807, 2.05) is 42.1 Å². The Balaban J connectivity index is 1.17. The van der Waals surface area contributed by atoms with E-state index in [2.05, 4.69) is 45.0 Å². The molecule has 3 fully saturated rings. The van der Waals surface area contributed by atoms with Gasteiger partial charge in [0.05, 0.1) is 42.4 Å². The second-order valence-electron chi connectivity index (χ2n) is 14.5. The highest BCUT2D eigenvalue weighted by atomic mass is 35.5. The molecule has 258 valence electrons. The first-order chi connectivity index (χ1) is 23.8. The van der Waals surface area contributed by atoms with E-state index in [9.17, 15) is 10.1 Å². The van der Waals surface area contributed by atoms with E-state index in [1.165, 1.54) is 38.8 Å². The van der Waals surface area contributed by atoms with Crippen molar-refractivity contribution in [2.24, 2.45) is 5.41 Å². The molecule has 0 N–H and O–H groups in total. The minimum atomic E-state index is -0.238. The van der Waals surface area contributed by atoms with Gasteiger partial charge in [0.25, 0.3) is 0 Å². The zero-order chi connectivity index (χ0) is 34.0. The van der Waals surface area contributed by atoms with E-state index in [0.29, 0.717) is 45.3 Å². The van der Waals surface area contributed by atoms with Crippen molar-refractivity contribution in [2.75, 3.05) is 82.9 Å². The lowest BCUT2D eigenvalue weighted by atomic mass is 10.0. The van der Waals surface area contributed by atoms with Crippen molar-refractivity contribution in [3.8, 4) is 12.1 Å². The fraction of sp³-hybridized carbons (Fsp3) is 0.526. The molecule has 11 heteroatoms. The van der Waals surface area contributed by atoms with Gasteiger partial charge in [-0.1, -0.05) is 41.9 Å². The Morgan fingerprint density at radius 1 is 1.08 bits per heavy atom. The van der Waals surface area contributed by atoms with Crippen molar-refractivity contribution in [1.82, 2.24) is 24.7 Å². The average Bonchev–Trinajstić information content (AvgIpc) is 3.67. The number of hydrogen-bond acceptors (Lipinski definition) is 9. The Bertz CT molecular complexity index is 1740. The van der Waals surface area contributed by atoms with Gasteiger partial charge in [-0.2, -0.15) is 15.2 Å². The van der Waals surface area contributed by atoms with Gasteiger partial charge in [-0.05, 0) is 76.8 Å². The van der Waals surface area contributed by atoms with E-state index >= 15 is 0 Å². The number of rotatable bonds is 11. The topological polar surface area (TPSA) is 92.1 Å². The molecule has 7 rings (SSSR count). The summed E-state index contributed by atoms with van der Waals surface area (Å²) in [4.78, 5) is 34.5. The molecule has 0 spiro atoms. The first-order valence-corrected chi connectivity index (χ1v) is 18.1. The lowest BCUT2D eigenvalue weighted by Gasteiger charge is -2.42. The number of carbonyl (C=O) groups excluding carboxylic acids is 1. The SMILES string of the molecule is CN(C)CC=CC(=O)N1CCN(c2nc(OCC3(CN4CCCC4)CC3)nc3c2CCN(c2cccc4cccc(Cl)c24)C3)CC1CC#N. The summed E-state index contributed by atoms with van der Waals surface area (Å²) in [5.41, 5.74) is 3.36. The van der Waals surface area contributed by atoms with Crippen LogP contribution in [-0.4, -0.2) is 110 Å². The third kappa shape index (κ3) is 7.49. The zero-order valence-electron chi connectivity index (χ0n) is 28.8. The third-order valence-electron chi connectivity index (χ3n) is 10.5. The van der Waals surface area contributed by atoms with E-state index in [0.717, 1.165) is 58.1 Å². The molecule has 1 unspecified atom stereocenters. The molecular formula is C38H47ClN8O2. The van der Waals surface area contributed by atoms with Crippen LogP contribution in [0, 0.1) is 16.7 Å². The second kappa shape index (κ2) is 14.5. The molecule has 0 radical (unpaired) electrons. The molecule has 2 saturated heterocycles. The van der Waals surface area contributed by atoms with Crippen LogP contribution in [-0.2, 0) is 17.8 Å². The molecule has 4 heterocycles. The van der Waals surface area contributed by atoms with Gasteiger partial charge in [0.15, 0.2) is 0 Å². The molecule has 0 bridgehead atoms. The molecule has 10 nitrogen and oxygen atoms in total. The van der Waals surface area contributed by atoms with Crippen molar-refractivity contribution in [3.63, 3.8) is 0 Å². The lowest BCUT2D eigenvalue weighted by molar-refractivity contribution is -0.128. The maximum absolute atomic E-state index is 13.2. The van der Waals surface area contributed by atoms with Gasteiger partial charge in [-0.25, -0.2) is 0 Å². The van der Waals surface area contributed by atoms with E-state index in [-0.39, 0.29) is 23.8 Å². The lowest BCUT2D eigenvalue weighted by Crippen LogP contribution is -2.55. The average molecular weight is 683 g/mol. The number of likely N-dealkylation sites (N-methyl/N-ethyl adjacent to an activating group) is 1. The van der Waals surface area contributed by atoms with Gasteiger partial charge < -0.3 is 29.2 Å². The largest absolute Gasteiger partial charge is 0.463 e. The van der Waals surface area contributed by atoms with Crippen LogP contribution in [0.1, 0.15) is 43.4 Å². The van der Waals surface area contributed by atoms with E-state index < -0.39 is 0 Å². The van der Waals surface area contributed by atoms with Crippen LogP contribution in [0.15, 0.2) is 48.6 Å². The number of halogens is 1. The Kier molecular flexibility index (Phi) is 9.95. The van der Waals surface area contributed by atoms with Crippen molar-refractivity contribution in [2.45, 2.75) is 51.1 Å². The number of nitriles is 1.